The molecule has 0 amide bonds. The molecule has 0 heterocycles. The molecule has 0 saturated heterocycles. The summed E-state index contributed by atoms with van der Waals surface area (Å²) in [6, 6.07) is 6.56. The summed E-state index contributed by atoms with van der Waals surface area (Å²) in [5.74, 6) is -6.91. The molecule has 0 spiro atoms. The SMILES string of the molecule is Fc1cc(F)c(F)c(OCCOc2cccc(Cl)c2)c1F. The van der Waals surface area contributed by atoms with Crippen molar-refractivity contribution in [2.45, 2.75) is 0 Å². The minimum Gasteiger partial charge on any atom is -0.490 e. The molecule has 0 bridgehead atoms. The minimum absolute atomic E-state index is 0.0860. The molecule has 2 nitrogen and oxygen atoms in total. The second kappa shape index (κ2) is 6.67. The van der Waals surface area contributed by atoms with Crippen LogP contribution < -0.4 is 9.47 Å². The summed E-state index contributed by atoms with van der Waals surface area (Å²) in [4.78, 5) is 0. The summed E-state index contributed by atoms with van der Waals surface area (Å²) in [6.45, 7) is -0.388. The highest BCUT2D eigenvalue weighted by Crippen LogP contribution is 2.26. The van der Waals surface area contributed by atoms with Gasteiger partial charge in [-0.05, 0) is 18.2 Å². The van der Waals surface area contributed by atoms with Gasteiger partial charge in [0.2, 0.25) is 11.6 Å². The lowest BCUT2D eigenvalue weighted by atomic mass is 10.3. The van der Waals surface area contributed by atoms with Crippen LogP contribution in [0.1, 0.15) is 0 Å². The maximum Gasteiger partial charge on any atom is 0.203 e. The van der Waals surface area contributed by atoms with E-state index >= 15 is 0 Å². The van der Waals surface area contributed by atoms with Crippen LogP contribution in [-0.4, -0.2) is 13.2 Å². The Kier molecular flexibility index (Phi) is 4.90. The molecule has 0 saturated carbocycles. The fourth-order valence-corrected chi connectivity index (χ4v) is 1.72. The van der Waals surface area contributed by atoms with E-state index in [2.05, 4.69) is 0 Å². The van der Waals surface area contributed by atoms with Gasteiger partial charge in [0.05, 0.1) is 0 Å². The zero-order chi connectivity index (χ0) is 15.4. The van der Waals surface area contributed by atoms with Gasteiger partial charge < -0.3 is 9.47 Å². The summed E-state index contributed by atoms with van der Waals surface area (Å²) in [7, 11) is 0. The highest BCUT2D eigenvalue weighted by molar-refractivity contribution is 6.30. The van der Waals surface area contributed by atoms with Crippen LogP contribution in [0, 0.1) is 23.3 Å². The van der Waals surface area contributed by atoms with Crippen LogP contribution in [0.25, 0.3) is 0 Å². The molecule has 2 aromatic rings. The van der Waals surface area contributed by atoms with E-state index in [9.17, 15) is 17.6 Å². The second-order valence-corrected chi connectivity index (χ2v) is 4.39. The highest BCUT2D eigenvalue weighted by Gasteiger charge is 2.20. The van der Waals surface area contributed by atoms with Crippen molar-refractivity contribution in [2.24, 2.45) is 0 Å². The molecule has 7 heteroatoms. The van der Waals surface area contributed by atoms with Crippen LogP contribution >= 0.6 is 11.6 Å². The Balaban J connectivity index is 1.95. The van der Waals surface area contributed by atoms with Gasteiger partial charge in [0.1, 0.15) is 19.0 Å². The van der Waals surface area contributed by atoms with E-state index in [1.807, 2.05) is 0 Å². The number of halogens is 5. The minimum atomic E-state index is -1.59. The quantitative estimate of drug-likeness (QED) is 0.463. The molecule has 112 valence electrons. The summed E-state index contributed by atoms with van der Waals surface area (Å²) in [5.41, 5.74) is 0. The van der Waals surface area contributed by atoms with E-state index < -0.39 is 29.0 Å². The van der Waals surface area contributed by atoms with E-state index in [4.69, 9.17) is 21.1 Å². The smallest absolute Gasteiger partial charge is 0.203 e. The molecular weight excluding hydrogens is 312 g/mol. The van der Waals surface area contributed by atoms with Crippen molar-refractivity contribution >= 4 is 11.6 Å². The van der Waals surface area contributed by atoms with Gasteiger partial charge in [0.25, 0.3) is 0 Å². The number of hydrogen-bond acceptors (Lipinski definition) is 2. The molecule has 0 fully saturated rings. The Morgan fingerprint density at radius 3 is 2.10 bits per heavy atom. The molecule has 2 rings (SSSR count). The van der Waals surface area contributed by atoms with Gasteiger partial charge in [-0.25, -0.2) is 8.78 Å². The predicted octanol–water partition coefficient (Wildman–Crippen LogP) is 4.35. The monoisotopic (exact) mass is 320 g/mol. The van der Waals surface area contributed by atoms with Gasteiger partial charge in [0, 0.05) is 11.1 Å². The molecule has 0 radical (unpaired) electrons. The summed E-state index contributed by atoms with van der Waals surface area (Å²) in [6.07, 6.45) is 0. The zero-order valence-electron chi connectivity index (χ0n) is 10.5. The van der Waals surface area contributed by atoms with E-state index in [1.54, 1.807) is 18.2 Å². The van der Waals surface area contributed by atoms with E-state index in [0.29, 0.717) is 10.8 Å². The molecule has 0 aliphatic carbocycles. The van der Waals surface area contributed by atoms with Crippen LogP contribution in [0.4, 0.5) is 17.6 Å². The van der Waals surface area contributed by atoms with Crippen molar-refractivity contribution < 1.29 is 27.0 Å². The van der Waals surface area contributed by atoms with Crippen LogP contribution in [0.3, 0.4) is 0 Å². The second-order valence-electron chi connectivity index (χ2n) is 3.95. The molecule has 0 atom stereocenters. The van der Waals surface area contributed by atoms with Crippen LogP contribution in [0.2, 0.25) is 5.02 Å². The van der Waals surface area contributed by atoms with Crippen molar-refractivity contribution in [3.63, 3.8) is 0 Å². The first-order valence-electron chi connectivity index (χ1n) is 5.83. The first-order chi connectivity index (χ1) is 9.99. The van der Waals surface area contributed by atoms with Gasteiger partial charge in [-0.15, -0.1) is 0 Å². The lowest BCUT2D eigenvalue weighted by Gasteiger charge is -2.10. The van der Waals surface area contributed by atoms with Crippen molar-refractivity contribution in [2.75, 3.05) is 13.2 Å². The fraction of sp³-hybridized carbons (Fsp3) is 0.143. The van der Waals surface area contributed by atoms with E-state index in [0.717, 1.165) is 0 Å². The third-order valence-electron chi connectivity index (χ3n) is 2.47. The molecule has 0 aromatic heterocycles. The first kappa shape index (κ1) is 15.4. The normalized spacial score (nSPS) is 10.5. The lowest BCUT2D eigenvalue weighted by molar-refractivity contribution is 0.201. The van der Waals surface area contributed by atoms with Crippen LogP contribution in [-0.2, 0) is 0 Å². The van der Waals surface area contributed by atoms with Crippen molar-refractivity contribution in [1.82, 2.24) is 0 Å². The number of rotatable bonds is 5. The average Bonchev–Trinajstić information content (AvgIpc) is 2.44. The summed E-state index contributed by atoms with van der Waals surface area (Å²) >= 11 is 5.74. The molecule has 0 aliphatic rings. The van der Waals surface area contributed by atoms with Gasteiger partial charge in [-0.2, -0.15) is 8.78 Å². The number of ether oxygens (including phenoxy) is 2. The molecule has 0 aliphatic heterocycles. The third kappa shape index (κ3) is 3.78. The molecule has 0 unspecified atom stereocenters. The maximum atomic E-state index is 13.3. The van der Waals surface area contributed by atoms with Crippen molar-refractivity contribution in [3.05, 3.63) is 58.6 Å². The fourth-order valence-electron chi connectivity index (χ4n) is 1.54. The largest absolute Gasteiger partial charge is 0.490 e. The molecular formula is C14H9ClF4O2. The Hall–Kier alpha value is -1.95. The van der Waals surface area contributed by atoms with E-state index in [-0.39, 0.29) is 19.3 Å². The van der Waals surface area contributed by atoms with Crippen molar-refractivity contribution in [1.29, 1.82) is 0 Å². The Bertz CT molecular complexity index is 623. The summed E-state index contributed by atoms with van der Waals surface area (Å²) < 4.78 is 62.3. The molecule has 21 heavy (non-hydrogen) atoms. The molecule has 0 N–H and O–H groups in total. The van der Waals surface area contributed by atoms with E-state index in [1.165, 1.54) is 6.07 Å². The topological polar surface area (TPSA) is 18.5 Å². The summed E-state index contributed by atoms with van der Waals surface area (Å²) in [5, 5.41) is 0.456. The van der Waals surface area contributed by atoms with Crippen molar-refractivity contribution in [3.8, 4) is 11.5 Å². The zero-order valence-corrected chi connectivity index (χ0v) is 11.3. The Morgan fingerprint density at radius 2 is 1.48 bits per heavy atom. The highest BCUT2D eigenvalue weighted by atomic mass is 35.5. The third-order valence-corrected chi connectivity index (χ3v) is 2.70. The van der Waals surface area contributed by atoms with Gasteiger partial charge in [-0.3, -0.25) is 0 Å². The number of hydrogen-bond donors (Lipinski definition) is 0. The molecule has 2 aromatic carbocycles. The Morgan fingerprint density at radius 1 is 0.857 bits per heavy atom. The number of benzene rings is 2. The standard InChI is InChI=1S/C14H9ClF4O2/c15-8-2-1-3-9(6-8)20-4-5-21-14-12(18)10(16)7-11(17)13(14)19/h1-3,6-7H,4-5H2. The van der Waals surface area contributed by atoms with Crippen LogP contribution in [0.5, 0.6) is 11.5 Å². The van der Waals surface area contributed by atoms with Gasteiger partial charge in [0.15, 0.2) is 17.4 Å². The predicted molar refractivity (Wildman–Crippen MR) is 68.7 cm³/mol. The Labute approximate surface area is 122 Å². The van der Waals surface area contributed by atoms with Gasteiger partial charge in [-0.1, -0.05) is 17.7 Å². The maximum absolute atomic E-state index is 13.3. The average molecular weight is 321 g/mol. The lowest BCUT2D eigenvalue weighted by Crippen LogP contribution is -2.12. The van der Waals surface area contributed by atoms with Gasteiger partial charge >= 0.3 is 0 Å². The first-order valence-corrected chi connectivity index (χ1v) is 6.21. The van der Waals surface area contributed by atoms with Crippen LogP contribution in [0.15, 0.2) is 30.3 Å².